The lowest BCUT2D eigenvalue weighted by molar-refractivity contribution is 0.102. The van der Waals surface area contributed by atoms with Gasteiger partial charge in [0.2, 0.25) is 0 Å². The fraction of sp³-hybridized carbons (Fsp3) is 0. The van der Waals surface area contributed by atoms with Gasteiger partial charge in [-0.25, -0.2) is 0 Å². The summed E-state index contributed by atoms with van der Waals surface area (Å²) in [7, 11) is 0. The van der Waals surface area contributed by atoms with E-state index >= 15 is 0 Å². The molecule has 1 amide bonds. The normalized spacial score (nSPS) is 10.8. The first kappa shape index (κ1) is 16.6. The minimum Gasteiger partial charge on any atom is -0.322 e. The SMILES string of the molecule is O=C(Nc1ccc2nn(-c3cccc(Cl)c3)nc2c1)c1ccccc1Cl. The van der Waals surface area contributed by atoms with Crippen molar-refractivity contribution in [3.63, 3.8) is 0 Å². The highest BCUT2D eigenvalue weighted by atomic mass is 35.5. The predicted octanol–water partition coefficient (Wildman–Crippen LogP) is 4.98. The molecule has 0 aliphatic heterocycles. The number of nitrogens with zero attached hydrogens (tertiary/aromatic N) is 3. The maximum atomic E-state index is 12.4. The van der Waals surface area contributed by atoms with Crippen molar-refractivity contribution in [2.45, 2.75) is 0 Å². The van der Waals surface area contributed by atoms with E-state index in [0.717, 1.165) is 5.69 Å². The molecule has 1 heterocycles. The topological polar surface area (TPSA) is 59.8 Å². The van der Waals surface area contributed by atoms with Crippen molar-refractivity contribution in [3.8, 4) is 5.69 Å². The summed E-state index contributed by atoms with van der Waals surface area (Å²) in [6, 6.07) is 19.5. The van der Waals surface area contributed by atoms with E-state index in [4.69, 9.17) is 23.2 Å². The van der Waals surface area contributed by atoms with Crippen LogP contribution in [0, 0.1) is 0 Å². The van der Waals surface area contributed by atoms with E-state index in [9.17, 15) is 4.79 Å². The quantitative estimate of drug-likeness (QED) is 0.543. The molecular weight excluding hydrogens is 371 g/mol. The number of benzene rings is 3. The Hall–Kier alpha value is -2.89. The van der Waals surface area contributed by atoms with E-state index in [1.807, 2.05) is 12.1 Å². The molecule has 0 atom stereocenters. The van der Waals surface area contributed by atoms with E-state index in [2.05, 4.69) is 15.5 Å². The lowest BCUT2D eigenvalue weighted by Crippen LogP contribution is -2.12. The van der Waals surface area contributed by atoms with Gasteiger partial charge in [-0.1, -0.05) is 41.4 Å². The van der Waals surface area contributed by atoms with Gasteiger partial charge in [-0.2, -0.15) is 4.80 Å². The molecule has 7 heteroatoms. The van der Waals surface area contributed by atoms with Gasteiger partial charge >= 0.3 is 0 Å². The average Bonchev–Trinajstić information content (AvgIpc) is 3.05. The van der Waals surface area contributed by atoms with Gasteiger partial charge in [0.15, 0.2) is 0 Å². The molecule has 1 aromatic heterocycles. The number of nitrogens with one attached hydrogen (secondary N) is 1. The van der Waals surface area contributed by atoms with Gasteiger partial charge in [0.1, 0.15) is 11.0 Å². The van der Waals surface area contributed by atoms with Crippen molar-refractivity contribution < 1.29 is 4.79 Å². The molecule has 0 fully saturated rings. The van der Waals surface area contributed by atoms with Gasteiger partial charge in [0, 0.05) is 10.7 Å². The first-order valence-corrected chi connectivity index (χ1v) is 8.55. The Morgan fingerprint density at radius 1 is 0.885 bits per heavy atom. The smallest absolute Gasteiger partial charge is 0.257 e. The van der Waals surface area contributed by atoms with Crippen molar-refractivity contribution in [1.29, 1.82) is 0 Å². The van der Waals surface area contributed by atoms with Gasteiger partial charge in [-0.3, -0.25) is 4.79 Å². The molecule has 3 aromatic carbocycles. The van der Waals surface area contributed by atoms with Crippen molar-refractivity contribution in [1.82, 2.24) is 15.0 Å². The van der Waals surface area contributed by atoms with Crippen LogP contribution in [0.3, 0.4) is 0 Å². The second-order valence-electron chi connectivity index (χ2n) is 5.61. The zero-order chi connectivity index (χ0) is 18.1. The maximum absolute atomic E-state index is 12.4. The molecule has 0 unspecified atom stereocenters. The first-order valence-electron chi connectivity index (χ1n) is 7.79. The van der Waals surface area contributed by atoms with Crippen molar-refractivity contribution in [2.24, 2.45) is 0 Å². The maximum Gasteiger partial charge on any atom is 0.257 e. The summed E-state index contributed by atoms with van der Waals surface area (Å²) in [6.07, 6.45) is 0. The highest BCUT2D eigenvalue weighted by Gasteiger charge is 2.11. The number of hydrogen-bond acceptors (Lipinski definition) is 3. The first-order chi connectivity index (χ1) is 12.6. The molecule has 128 valence electrons. The number of fused-ring (bicyclic) bond motifs is 1. The van der Waals surface area contributed by atoms with E-state index in [0.29, 0.717) is 32.3 Å². The molecule has 26 heavy (non-hydrogen) atoms. The number of anilines is 1. The van der Waals surface area contributed by atoms with Crippen LogP contribution in [0.25, 0.3) is 16.7 Å². The minimum absolute atomic E-state index is 0.280. The molecule has 0 bridgehead atoms. The molecule has 4 aromatic rings. The molecular formula is C19H12Cl2N4O. The van der Waals surface area contributed by atoms with Crippen LogP contribution < -0.4 is 5.32 Å². The zero-order valence-electron chi connectivity index (χ0n) is 13.4. The molecule has 0 saturated carbocycles. The van der Waals surface area contributed by atoms with E-state index in [-0.39, 0.29) is 5.91 Å². The Labute approximate surface area is 159 Å². The van der Waals surface area contributed by atoms with Crippen LogP contribution in [0.5, 0.6) is 0 Å². The van der Waals surface area contributed by atoms with Crippen LogP contribution in [-0.4, -0.2) is 20.9 Å². The Bertz CT molecular complexity index is 1120. The number of hydrogen-bond donors (Lipinski definition) is 1. The lowest BCUT2D eigenvalue weighted by Gasteiger charge is -2.06. The highest BCUT2D eigenvalue weighted by Crippen LogP contribution is 2.21. The summed E-state index contributed by atoms with van der Waals surface area (Å²) >= 11 is 12.1. The fourth-order valence-electron chi connectivity index (χ4n) is 2.55. The number of rotatable bonds is 3. The van der Waals surface area contributed by atoms with Crippen LogP contribution in [0.2, 0.25) is 10.0 Å². The van der Waals surface area contributed by atoms with Crippen LogP contribution >= 0.6 is 23.2 Å². The van der Waals surface area contributed by atoms with Gasteiger partial charge in [-0.15, -0.1) is 10.2 Å². The number of aromatic nitrogens is 3. The summed E-state index contributed by atoms with van der Waals surface area (Å²) in [6.45, 7) is 0. The van der Waals surface area contributed by atoms with Crippen LogP contribution in [-0.2, 0) is 0 Å². The van der Waals surface area contributed by atoms with Gasteiger partial charge in [-0.05, 0) is 48.5 Å². The van der Waals surface area contributed by atoms with Crippen LogP contribution in [0.1, 0.15) is 10.4 Å². The van der Waals surface area contributed by atoms with Crippen LogP contribution in [0.4, 0.5) is 5.69 Å². The second-order valence-corrected chi connectivity index (χ2v) is 6.45. The Balaban J connectivity index is 1.64. The fourth-order valence-corrected chi connectivity index (χ4v) is 2.96. The molecule has 0 spiro atoms. The van der Waals surface area contributed by atoms with Crippen LogP contribution in [0.15, 0.2) is 66.7 Å². The minimum atomic E-state index is -0.280. The Morgan fingerprint density at radius 2 is 1.69 bits per heavy atom. The van der Waals surface area contributed by atoms with Crippen molar-refractivity contribution in [3.05, 3.63) is 82.3 Å². The summed E-state index contributed by atoms with van der Waals surface area (Å²) in [4.78, 5) is 13.9. The van der Waals surface area contributed by atoms with Gasteiger partial charge < -0.3 is 5.32 Å². The molecule has 0 radical (unpaired) electrons. The zero-order valence-corrected chi connectivity index (χ0v) is 14.9. The molecule has 4 rings (SSSR count). The summed E-state index contributed by atoms with van der Waals surface area (Å²) in [5.74, 6) is -0.280. The third kappa shape index (κ3) is 3.27. The number of halogens is 2. The van der Waals surface area contributed by atoms with Gasteiger partial charge in [0.05, 0.1) is 16.3 Å². The second kappa shape index (κ2) is 6.78. The third-order valence-corrected chi connectivity index (χ3v) is 4.36. The van der Waals surface area contributed by atoms with E-state index in [1.165, 1.54) is 4.80 Å². The number of carbonyl (C=O) groups is 1. The summed E-state index contributed by atoms with van der Waals surface area (Å²) in [5, 5.41) is 12.7. The summed E-state index contributed by atoms with van der Waals surface area (Å²) in [5.41, 5.74) is 3.15. The number of amides is 1. The Kier molecular flexibility index (Phi) is 4.32. The monoisotopic (exact) mass is 382 g/mol. The predicted molar refractivity (Wildman–Crippen MR) is 103 cm³/mol. The lowest BCUT2D eigenvalue weighted by atomic mass is 10.2. The molecule has 0 aliphatic rings. The van der Waals surface area contributed by atoms with E-state index < -0.39 is 0 Å². The standard InChI is InChI=1S/C19H12Cl2N4O/c20-12-4-3-5-14(10-12)25-23-17-9-8-13(11-18(17)24-25)22-19(26)15-6-1-2-7-16(15)21/h1-11H,(H,22,26). The third-order valence-electron chi connectivity index (χ3n) is 3.80. The summed E-state index contributed by atoms with van der Waals surface area (Å²) < 4.78 is 0. The molecule has 1 N–H and O–H groups in total. The van der Waals surface area contributed by atoms with Crippen molar-refractivity contribution in [2.75, 3.05) is 5.32 Å². The van der Waals surface area contributed by atoms with E-state index in [1.54, 1.807) is 54.6 Å². The van der Waals surface area contributed by atoms with Gasteiger partial charge in [0.25, 0.3) is 5.91 Å². The van der Waals surface area contributed by atoms with Crippen molar-refractivity contribution >= 4 is 45.8 Å². The number of carbonyl (C=O) groups excluding carboxylic acids is 1. The molecule has 5 nitrogen and oxygen atoms in total. The largest absolute Gasteiger partial charge is 0.322 e. The Morgan fingerprint density at radius 3 is 2.50 bits per heavy atom. The average molecular weight is 383 g/mol. The highest BCUT2D eigenvalue weighted by molar-refractivity contribution is 6.34. The molecule has 0 aliphatic carbocycles. The molecule has 0 saturated heterocycles.